The van der Waals surface area contributed by atoms with E-state index in [1.807, 2.05) is 6.92 Å². The largest absolute Gasteiger partial charge is 0.317 e. The third kappa shape index (κ3) is 11.8. The standard InChI is InChI=1S/C11H23NO4S/c1-10(11(2)13)6-3-4-7-12-8-5-9-17(14,15)16/h10,12H,3-9H2,1-2H3,(H,14,15,16)/t10-/m1/s1. The molecule has 0 unspecified atom stereocenters. The summed E-state index contributed by atoms with van der Waals surface area (Å²) in [6, 6.07) is 0. The molecule has 0 aliphatic carbocycles. The Bertz CT molecular complexity index is 313. The molecule has 0 fully saturated rings. The van der Waals surface area contributed by atoms with Gasteiger partial charge in [-0.3, -0.25) is 9.35 Å². The van der Waals surface area contributed by atoms with E-state index in [1.165, 1.54) is 0 Å². The summed E-state index contributed by atoms with van der Waals surface area (Å²) in [6.07, 6.45) is 3.29. The quantitative estimate of drug-likeness (QED) is 0.459. The van der Waals surface area contributed by atoms with Gasteiger partial charge in [0, 0.05) is 5.92 Å². The summed E-state index contributed by atoms with van der Waals surface area (Å²) >= 11 is 0. The first-order chi connectivity index (χ1) is 7.83. The van der Waals surface area contributed by atoms with Crippen molar-refractivity contribution in [2.75, 3.05) is 18.8 Å². The third-order valence-corrected chi connectivity index (χ3v) is 3.50. The number of carbonyl (C=O) groups excluding carboxylic acids is 1. The summed E-state index contributed by atoms with van der Waals surface area (Å²) in [5, 5.41) is 3.10. The Labute approximate surface area is 104 Å². The fraction of sp³-hybridized carbons (Fsp3) is 0.909. The molecule has 0 bridgehead atoms. The maximum atomic E-state index is 10.9. The summed E-state index contributed by atoms with van der Waals surface area (Å²) in [4.78, 5) is 10.9. The van der Waals surface area contributed by atoms with Crippen molar-refractivity contribution in [1.82, 2.24) is 5.32 Å². The maximum absolute atomic E-state index is 10.9. The Morgan fingerprint density at radius 1 is 1.24 bits per heavy atom. The highest BCUT2D eigenvalue weighted by Crippen LogP contribution is 2.07. The van der Waals surface area contributed by atoms with E-state index in [-0.39, 0.29) is 17.5 Å². The zero-order valence-electron chi connectivity index (χ0n) is 10.6. The van der Waals surface area contributed by atoms with Crippen LogP contribution < -0.4 is 5.32 Å². The average Bonchev–Trinajstić information content (AvgIpc) is 2.19. The second kappa shape index (κ2) is 8.60. The summed E-state index contributed by atoms with van der Waals surface area (Å²) < 4.78 is 29.3. The molecule has 17 heavy (non-hydrogen) atoms. The van der Waals surface area contributed by atoms with Gasteiger partial charge in [0.1, 0.15) is 5.78 Å². The molecule has 0 amide bonds. The summed E-state index contributed by atoms with van der Waals surface area (Å²) in [5.41, 5.74) is 0. The molecule has 6 heteroatoms. The van der Waals surface area contributed by atoms with Crippen LogP contribution in [0.15, 0.2) is 0 Å². The van der Waals surface area contributed by atoms with Crippen LogP contribution in [0.4, 0.5) is 0 Å². The van der Waals surface area contributed by atoms with Gasteiger partial charge < -0.3 is 5.32 Å². The molecule has 0 aliphatic rings. The molecule has 0 heterocycles. The van der Waals surface area contributed by atoms with Crippen molar-refractivity contribution in [1.29, 1.82) is 0 Å². The number of unbranched alkanes of at least 4 members (excludes halogenated alkanes) is 1. The molecule has 0 radical (unpaired) electrons. The van der Waals surface area contributed by atoms with Crippen LogP contribution in [0.5, 0.6) is 0 Å². The predicted molar refractivity (Wildman–Crippen MR) is 67.6 cm³/mol. The Kier molecular flexibility index (Phi) is 8.37. The van der Waals surface area contributed by atoms with Crippen LogP contribution in [0.3, 0.4) is 0 Å². The van der Waals surface area contributed by atoms with Crippen LogP contribution in [0, 0.1) is 5.92 Å². The summed E-state index contributed by atoms with van der Waals surface area (Å²) in [7, 11) is -3.82. The van der Waals surface area contributed by atoms with Crippen molar-refractivity contribution in [3.05, 3.63) is 0 Å². The molecular weight excluding hydrogens is 242 g/mol. The summed E-state index contributed by atoms with van der Waals surface area (Å²) in [6.45, 7) is 4.94. The molecule has 2 N–H and O–H groups in total. The van der Waals surface area contributed by atoms with Gasteiger partial charge in [-0.2, -0.15) is 8.42 Å². The van der Waals surface area contributed by atoms with Gasteiger partial charge >= 0.3 is 0 Å². The molecule has 0 aliphatic heterocycles. The van der Waals surface area contributed by atoms with E-state index in [0.717, 1.165) is 25.8 Å². The minimum absolute atomic E-state index is 0.134. The Morgan fingerprint density at radius 3 is 2.35 bits per heavy atom. The van der Waals surface area contributed by atoms with E-state index in [1.54, 1.807) is 6.92 Å². The zero-order valence-corrected chi connectivity index (χ0v) is 11.4. The molecular formula is C11H23NO4S. The number of Topliss-reactive ketones (excluding diaryl/α,β-unsaturated/α-hetero) is 1. The van der Waals surface area contributed by atoms with Crippen molar-refractivity contribution in [2.24, 2.45) is 5.92 Å². The molecule has 0 saturated carbocycles. The topological polar surface area (TPSA) is 83.5 Å². The van der Waals surface area contributed by atoms with Crippen LogP contribution in [-0.2, 0) is 14.9 Å². The van der Waals surface area contributed by atoms with E-state index in [4.69, 9.17) is 4.55 Å². The third-order valence-electron chi connectivity index (χ3n) is 2.69. The van der Waals surface area contributed by atoms with Crippen LogP contribution in [-0.4, -0.2) is 37.6 Å². The second-order valence-corrected chi connectivity index (χ2v) is 5.97. The fourth-order valence-corrected chi connectivity index (χ4v) is 1.92. The zero-order chi connectivity index (χ0) is 13.3. The lowest BCUT2D eigenvalue weighted by atomic mass is 10.0. The van der Waals surface area contributed by atoms with E-state index < -0.39 is 10.1 Å². The maximum Gasteiger partial charge on any atom is 0.264 e. The Balaban J connectivity index is 3.28. The SMILES string of the molecule is CC(=O)[C@H](C)CCCCNCCCS(=O)(=O)O. The lowest BCUT2D eigenvalue weighted by Gasteiger charge is -2.07. The molecule has 0 aromatic carbocycles. The Morgan fingerprint density at radius 2 is 1.82 bits per heavy atom. The van der Waals surface area contributed by atoms with Gasteiger partial charge in [0.15, 0.2) is 0 Å². The number of ketones is 1. The lowest BCUT2D eigenvalue weighted by molar-refractivity contribution is -0.120. The number of nitrogens with one attached hydrogen (secondary N) is 1. The van der Waals surface area contributed by atoms with Gasteiger partial charge in [-0.1, -0.05) is 13.3 Å². The van der Waals surface area contributed by atoms with E-state index >= 15 is 0 Å². The molecule has 0 aromatic heterocycles. The van der Waals surface area contributed by atoms with Gasteiger partial charge in [-0.05, 0) is 39.3 Å². The molecule has 1 atom stereocenters. The van der Waals surface area contributed by atoms with E-state index in [2.05, 4.69) is 5.32 Å². The van der Waals surface area contributed by atoms with E-state index in [0.29, 0.717) is 13.0 Å². The monoisotopic (exact) mass is 265 g/mol. The fourth-order valence-electron chi connectivity index (χ4n) is 1.41. The first-order valence-corrected chi connectivity index (χ1v) is 7.60. The summed E-state index contributed by atoms with van der Waals surface area (Å²) in [5.74, 6) is 0.169. The number of carbonyl (C=O) groups is 1. The number of hydrogen-bond donors (Lipinski definition) is 2. The minimum Gasteiger partial charge on any atom is -0.317 e. The van der Waals surface area contributed by atoms with Gasteiger partial charge in [0.2, 0.25) is 0 Å². The van der Waals surface area contributed by atoms with Crippen LogP contribution in [0.2, 0.25) is 0 Å². The van der Waals surface area contributed by atoms with Gasteiger partial charge in [0.05, 0.1) is 5.75 Å². The highest BCUT2D eigenvalue weighted by molar-refractivity contribution is 7.85. The number of hydrogen-bond acceptors (Lipinski definition) is 4. The molecule has 102 valence electrons. The average molecular weight is 265 g/mol. The van der Waals surface area contributed by atoms with Crippen molar-refractivity contribution in [3.63, 3.8) is 0 Å². The second-order valence-electron chi connectivity index (χ2n) is 4.40. The predicted octanol–water partition coefficient (Wildman–Crippen LogP) is 1.25. The molecule has 5 nitrogen and oxygen atoms in total. The van der Waals surface area contributed by atoms with Crippen LogP contribution >= 0.6 is 0 Å². The van der Waals surface area contributed by atoms with Crippen molar-refractivity contribution >= 4 is 15.9 Å². The smallest absolute Gasteiger partial charge is 0.264 e. The van der Waals surface area contributed by atoms with Crippen molar-refractivity contribution in [2.45, 2.75) is 39.5 Å². The molecule has 0 spiro atoms. The molecule has 0 aromatic rings. The normalized spacial score (nSPS) is 13.6. The highest BCUT2D eigenvalue weighted by Gasteiger charge is 2.06. The lowest BCUT2D eigenvalue weighted by Crippen LogP contribution is -2.19. The first-order valence-electron chi connectivity index (χ1n) is 5.99. The molecule has 0 saturated heterocycles. The van der Waals surface area contributed by atoms with Crippen molar-refractivity contribution in [3.8, 4) is 0 Å². The van der Waals surface area contributed by atoms with Crippen LogP contribution in [0.1, 0.15) is 39.5 Å². The van der Waals surface area contributed by atoms with Crippen LogP contribution in [0.25, 0.3) is 0 Å². The minimum atomic E-state index is -3.82. The van der Waals surface area contributed by atoms with Crippen molar-refractivity contribution < 1.29 is 17.8 Å². The van der Waals surface area contributed by atoms with Gasteiger partial charge in [-0.15, -0.1) is 0 Å². The van der Waals surface area contributed by atoms with Gasteiger partial charge in [0.25, 0.3) is 10.1 Å². The Hall–Kier alpha value is -0.460. The number of rotatable bonds is 10. The first kappa shape index (κ1) is 16.5. The highest BCUT2D eigenvalue weighted by atomic mass is 32.2. The van der Waals surface area contributed by atoms with Gasteiger partial charge in [-0.25, -0.2) is 0 Å². The molecule has 0 rings (SSSR count). The van der Waals surface area contributed by atoms with E-state index in [9.17, 15) is 13.2 Å².